The van der Waals surface area contributed by atoms with E-state index in [1.165, 1.54) is 12.1 Å². The van der Waals surface area contributed by atoms with Gasteiger partial charge in [-0.15, -0.1) is 0 Å². The molecule has 0 aliphatic heterocycles. The molecule has 0 bridgehead atoms. The molecule has 1 heterocycles. The number of fused-ring (bicyclic) bond motifs is 1. The number of rotatable bonds is 6. The van der Waals surface area contributed by atoms with Crippen molar-refractivity contribution in [3.05, 3.63) is 35.8 Å². The fourth-order valence-electron chi connectivity index (χ4n) is 2.62. The summed E-state index contributed by atoms with van der Waals surface area (Å²) in [6.45, 7) is 4.18. The molecule has 0 aliphatic carbocycles. The molecule has 2 aromatic rings. The topological polar surface area (TPSA) is 32.9 Å². The summed E-state index contributed by atoms with van der Waals surface area (Å²) in [7, 11) is 0. The van der Waals surface area contributed by atoms with Crippen LogP contribution in [0.25, 0.3) is 10.9 Å². The van der Waals surface area contributed by atoms with Crippen LogP contribution in [0.1, 0.15) is 49.9 Å². The fourth-order valence-corrected chi connectivity index (χ4v) is 2.62. The highest BCUT2D eigenvalue weighted by atomic mass is 19.1. The summed E-state index contributed by atoms with van der Waals surface area (Å²) in [5.74, 6) is -0.110. The predicted octanol–water partition coefficient (Wildman–Crippen LogP) is 4.71. The highest BCUT2D eigenvalue weighted by Crippen LogP contribution is 2.25. The Hall–Kier alpha value is -1.64. The number of carbonyl (C=O) groups excluding carboxylic acids is 1. The first-order valence-corrected chi connectivity index (χ1v) is 6.98. The second kappa shape index (κ2) is 6.00. The highest BCUT2D eigenvalue weighted by Gasteiger charge is 2.21. The summed E-state index contributed by atoms with van der Waals surface area (Å²) < 4.78 is 13.3. The summed E-state index contributed by atoms with van der Waals surface area (Å²) in [4.78, 5) is 15.6. The molecule has 0 unspecified atom stereocenters. The van der Waals surface area contributed by atoms with Crippen LogP contribution in [-0.2, 0) is 0 Å². The van der Waals surface area contributed by atoms with Crippen LogP contribution in [0.2, 0.25) is 0 Å². The van der Waals surface area contributed by atoms with E-state index in [4.69, 9.17) is 0 Å². The van der Waals surface area contributed by atoms with Gasteiger partial charge in [0.15, 0.2) is 5.78 Å². The number of ketones is 1. The van der Waals surface area contributed by atoms with Gasteiger partial charge in [0.05, 0.1) is 0 Å². The molecule has 0 saturated heterocycles. The minimum Gasteiger partial charge on any atom is -0.360 e. The number of aromatic nitrogens is 1. The number of benzene rings is 1. The van der Waals surface area contributed by atoms with Crippen molar-refractivity contribution >= 4 is 16.7 Å². The van der Waals surface area contributed by atoms with Gasteiger partial charge in [-0.1, -0.05) is 26.7 Å². The van der Waals surface area contributed by atoms with Crippen molar-refractivity contribution in [2.75, 3.05) is 0 Å². The second-order valence-electron chi connectivity index (χ2n) is 5.03. The van der Waals surface area contributed by atoms with Crippen molar-refractivity contribution in [1.29, 1.82) is 0 Å². The Morgan fingerprint density at radius 2 is 1.95 bits per heavy atom. The molecule has 0 aliphatic rings. The maximum atomic E-state index is 13.3. The van der Waals surface area contributed by atoms with E-state index in [1.807, 2.05) is 0 Å². The highest BCUT2D eigenvalue weighted by molar-refractivity contribution is 6.08. The molecule has 0 saturated carbocycles. The normalized spacial score (nSPS) is 11.4. The Kier molecular flexibility index (Phi) is 4.35. The van der Waals surface area contributed by atoms with Crippen LogP contribution < -0.4 is 0 Å². The molecule has 0 fully saturated rings. The summed E-state index contributed by atoms with van der Waals surface area (Å²) in [5.41, 5.74) is 1.44. The van der Waals surface area contributed by atoms with Crippen LogP contribution >= 0.6 is 0 Å². The number of nitrogens with one attached hydrogen (secondary N) is 1. The SMILES string of the molecule is CCCC(CCC)C(=O)c1c[nH]c2ccc(F)cc12. The van der Waals surface area contributed by atoms with Gasteiger partial charge >= 0.3 is 0 Å². The minimum atomic E-state index is -0.302. The lowest BCUT2D eigenvalue weighted by Gasteiger charge is -2.13. The Bertz CT molecular complexity index is 567. The average Bonchev–Trinajstić information content (AvgIpc) is 2.80. The Balaban J connectivity index is 2.36. The van der Waals surface area contributed by atoms with Crippen molar-refractivity contribution in [1.82, 2.24) is 4.98 Å². The number of H-pyrrole nitrogens is 1. The monoisotopic (exact) mass is 261 g/mol. The smallest absolute Gasteiger partial charge is 0.168 e. The van der Waals surface area contributed by atoms with E-state index in [9.17, 15) is 9.18 Å². The van der Waals surface area contributed by atoms with Crippen molar-refractivity contribution in [2.24, 2.45) is 5.92 Å². The maximum Gasteiger partial charge on any atom is 0.168 e. The van der Waals surface area contributed by atoms with Gasteiger partial charge in [0.2, 0.25) is 0 Å². The first-order valence-electron chi connectivity index (χ1n) is 6.98. The van der Waals surface area contributed by atoms with Gasteiger partial charge < -0.3 is 4.98 Å². The Morgan fingerprint density at radius 1 is 1.26 bits per heavy atom. The van der Waals surface area contributed by atoms with Crippen LogP contribution in [0.3, 0.4) is 0 Å². The summed E-state index contributed by atoms with van der Waals surface area (Å²) in [6, 6.07) is 4.52. The van der Waals surface area contributed by atoms with Gasteiger partial charge in [-0.25, -0.2) is 4.39 Å². The van der Waals surface area contributed by atoms with E-state index in [0.29, 0.717) is 10.9 Å². The molecule has 1 aromatic heterocycles. The number of aromatic amines is 1. The number of carbonyl (C=O) groups is 1. The van der Waals surface area contributed by atoms with Crippen molar-refractivity contribution < 1.29 is 9.18 Å². The molecule has 3 heteroatoms. The van der Waals surface area contributed by atoms with E-state index in [2.05, 4.69) is 18.8 Å². The quantitative estimate of drug-likeness (QED) is 0.751. The molecule has 102 valence electrons. The molecule has 1 N–H and O–H groups in total. The minimum absolute atomic E-state index is 0.0530. The third-order valence-corrected chi connectivity index (χ3v) is 3.55. The van der Waals surface area contributed by atoms with Crippen molar-refractivity contribution in [3.63, 3.8) is 0 Å². The van der Waals surface area contributed by atoms with E-state index >= 15 is 0 Å². The molecule has 2 nitrogen and oxygen atoms in total. The van der Waals surface area contributed by atoms with Gasteiger partial charge in [-0.3, -0.25) is 4.79 Å². The maximum absolute atomic E-state index is 13.3. The molecule has 0 atom stereocenters. The lowest BCUT2D eigenvalue weighted by Crippen LogP contribution is -2.14. The standard InChI is InChI=1S/C16H20FNO/c1-3-5-11(6-4-2)16(19)14-10-18-15-8-7-12(17)9-13(14)15/h7-11,18H,3-6H2,1-2H3. The molecule has 19 heavy (non-hydrogen) atoms. The summed E-state index contributed by atoms with van der Waals surface area (Å²) in [6.07, 6.45) is 5.49. The van der Waals surface area contributed by atoms with Gasteiger partial charge in [0.25, 0.3) is 0 Å². The zero-order chi connectivity index (χ0) is 13.8. The first-order chi connectivity index (χ1) is 9.17. The predicted molar refractivity (Wildman–Crippen MR) is 75.9 cm³/mol. The number of halogens is 1. The van der Waals surface area contributed by atoms with Crippen molar-refractivity contribution in [3.8, 4) is 0 Å². The van der Waals surface area contributed by atoms with E-state index in [0.717, 1.165) is 31.2 Å². The molecule has 0 radical (unpaired) electrons. The molecular weight excluding hydrogens is 241 g/mol. The Labute approximate surface area is 113 Å². The van der Waals surface area contributed by atoms with E-state index < -0.39 is 0 Å². The summed E-state index contributed by atoms with van der Waals surface area (Å²) in [5, 5.41) is 0.696. The summed E-state index contributed by atoms with van der Waals surface area (Å²) >= 11 is 0. The van der Waals surface area contributed by atoms with Crippen LogP contribution in [-0.4, -0.2) is 10.8 Å². The molecule has 0 amide bonds. The number of hydrogen-bond acceptors (Lipinski definition) is 1. The Morgan fingerprint density at radius 3 is 2.58 bits per heavy atom. The van der Waals surface area contributed by atoms with E-state index in [1.54, 1.807) is 12.3 Å². The average molecular weight is 261 g/mol. The lowest BCUT2D eigenvalue weighted by atomic mass is 9.89. The third kappa shape index (κ3) is 2.86. The zero-order valence-corrected chi connectivity index (χ0v) is 11.5. The number of hydrogen-bond donors (Lipinski definition) is 1. The largest absolute Gasteiger partial charge is 0.360 e. The van der Waals surface area contributed by atoms with Crippen LogP contribution in [0.15, 0.2) is 24.4 Å². The molecule has 1 aromatic carbocycles. The zero-order valence-electron chi connectivity index (χ0n) is 11.5. The molecule has 0 spiro atoms. The third-order valence-electron chi connectivity index (χ3n) is 3.55. The van der Waals surface area contributed by atoms with Gasteiger partial charge in [0.1, 0.15) is 5.82 Å². The molecule has 2 rings (SSSR count). The van der Waals surface area contributed by atoms with Crippen molar-refractivity contribution in [2.45, 2.75) is 39.5 Å². The van der Waals surface area contributed by atoms with Crippen LogP contribution in [0, 0.1) is 11.7 Å². The second-order valence-corrected chi connectivity index (χ2v) is 5.03. The number of Topliss-reactive ketones (excluding diaryl/α,β-unsaturated/α-hetero) is 1. The van der Waals surface area contributed by atoms with Gasteiger partial charge in [-0.05, 0) is 31.0 Å². The van der Waals surface area contributed by atoms with E-state index in [-0.39, 0.29) is 17.5 Å². The molecular formula is C16H20FNO. The fraction of sp³-hybridized carbons (Fsp3) is 0.438. The van der Waals surface area contributed by atoms with Gasteiger partial charge in [0, 0.05) is 28.6 Å². The first kappa shape index (κ1) is 13.8. The van der Waals surface area contributed by atoms with Crippen LogP contribution in [0.5, 0.6) is 0 Å². The van der Waals surface area contributed by atoms with Crippen LogP contribution in [0.4, 0.5) is 4.39 Å². The lowest BCUT2D eigenvalue weighted by molar-refractivity contribution is 0.0906. The van der Waals surface area contributed by atoms with Gasteiger partial charge in [-0.2, -0.15) is 0 Å².